The first kappa shape index (κ1) is 22.9. The summed E-state index contributed by atoms with van der Waals surface area (Å²) in [5.41, 5.74) is 2.86. The van der Waals surface area contributed by atoms with Crippen molar-refractivity contribution in [2.45, 2.75) is 25.8 Å². The number of benzene rings is 2. The average Bonchev–Trinajstić information content (AvgIpc) is 3.43. The van der Waals surface area contributed by atoms with E-state index < -0.39 is 6.04 Å². The number of halogens is 1. The molecule has 0 aliphatic heterocycles. The molecule has 0 fully saturated rings. The van der Waals surface area contributed by atoms with Gasteiger partial charge in [-0.1, -0.05) is 30.3 Å². The third-order valence-corrected chi connectivity index (χ3v) is 6.08. The maximum atomic E-state index is 12.3. The molecule has 7 heteroatoms. The zero-order chi connectivity index (χ0) is 23.2. The van der Waals surface area contributed by atoms with Gasteiger partial charge in [-0.05, 0) is 64.8 Å². The van der Waals surface area contributed by atoms with Crippen LogP contribution >= 0.6 is 15.9 Å². The fourth-order valence-corrected chi connectivity index (χ4v) is 4.15. The minimum atomic E-state index is -0.444. The molecule has 6 nitrogen and oxygen atoms in total. The Morgan fingerprint density at radius 2 is 1.85 bits per heavy atom. The maximum absolute atomic E-state index is 12.3. The molecule has 2 heterocycles. The van der Waals surface area contributed by atoms with Gasteiger partial charge in [0, 0.05) is 24.6 Å². The van der Waals surface area contributed by atoms with Crippen molar-refractivity contribution in [2.24, 2.45) is 0 Å². The SMILES string of the molecule is COC(=O)C(Cc1ccc(OCCc2nc(-c3ccccc3)oc2C)cc1)n1cccc1Br. The monoisotopic (exact) mass is 508 g/mol. The van der Waals surface area contributed by atoms with E-state index >= 15 is 0 Å². The number of nitrogens with zero attached hydrogens (tertiary/aromatic N) is 2. The van der Waals surface area contributed by atoms with Crippen molar-refractivity contribution in [2.75, 3.05) is 13.7 Å². The summed E-state index contributed by atoms with van der Waals surface area (Å²) in [5, 5.41) is 0. The van der Waals surface area contributed by atoms with Crippen molar-refractivity contribution < 1.29 is 18.7 Å². The van der Waals surface area contributed by atoms with E-state index in [0.717, 1.165) is 32.9 Å². The van der Waals surface area contributed by atoms with Gasteiger partial charge in [0.2, 0.25) is 5.89 Å². The molecule has 0 saturated carbocycles. The first-order chi connectivity index (χ1) is 16.0. The number of esters is 1. The molecule has 2 aromatic heterocycles. The number of aryl methyl sites for hydroxylation is 1. The zero-order valence-electron chi connectivity index (χ0n) is 18.5. The third-order valence-electron chi connectivity index (χ3n) is 5.41. The second-order valence-corrected chi connectivity index (χ2v) is 8.42. The zero-order valence-corrected chi connectivity index (χ0v) is 20.1. The lowest BCUT2D eigenvalue weighted by molar-refractivity contribution is -0.144. The van der Waals surface area contributed by atoms with Crippen LogP contribution in [-0.4, -0.2) is 29.2 Å². The molecule has 2 aromatic carbocycles. The summed E-state index contributed by atoms with van der Waals surface area (Å²) in [6.07, 6.45) is 3.02. The number of rotatable bonds is 9. The topological polar surface area (TPSA) is 66.5 Å². The number of aromatic nitrogens is 2. The Balaban J connectivity index is 1.35. The Hall–Kier alpha value is -3.32. The molecular weight excluding hydrogens is 484 g/mol. The Labute approximate surface area is 201 Å². The van der Waals surface area contributed by atoms with E-state index in [1.165, 1.54) is 7.11 Å². The van der Waals surface area contributed by atoms with Crippen LogP contribution in [0, 0.1) is 6.92 Å². The summed E-state index contributed by atoms with van der Waals surface area (Å²) < 4.78 is 19.4. The lowest BCUT2D eigenvalue weighted by atomic mass is 10.1. The number of oxazole rings is 1. The molecule has 0 amide bonds. The van der Waals surface area contributed by atoms with Gasteiger partial charge in [0.05, 0.1) is 24.0 Å². The van der Waals surface area contributed by atoms with Crippen LogP contribution in [0.25, 0.3) is 11.5 Å². The number of carbonyl (C=O) groups is 1. The smallest absolute Gasteiger partial charge is 0.329 e. The lowest BCUT2D eigenvalue weighted by Crippen LogP contribution is -2.22. The van der Waals surface area contributed by atoms with E-state index in [1.807, 2.05) is 84.4 Å². The van der Waals surface area contributed by atoms with Gasteiger partial charge in [-0.3, -0.25) is 0 Å². The Kier molecular flexibility index (Phi) is 7.29. The van der Waals surface area contributed by atoms with Crippen LogP contribution < -0.4 is 4.74 Å². The van der Waals surface area contributed by atoms with E-state index in [1.54, 1.807) is 0 Å². The third kappa shape index (κ3) is 5.54. The number of ether oxygens (including phenoxy) is 2. The molecule has 1 unspecified atom stereocenters. The summed E-state index contributed by atoms with van der Waals surface area (Å²) in [6, 6.07) is 21.0. The number of hydrogen-bond donors (Lipinski definition) is 0. The molecule has 1 atom stereocenters. The number of hydrogen-bond acceptors (Lipinski definition) is 5. The van der Waals surface area contributed by atoms with E-state index in [0.29, 0.717) is 25.3 Å². The summed E-state index contributed by atoms with van der Waals surface area (Å²) in [4.78, 5) is 16.9. The van der Waals surface area contributed by atoms with Crippen LogP contribution in [0.1, 0.15) is 23.1 Å². The quantitative estimate of drug-likeness (QED) is 0.267. The molecule has 0 saturated heterocycles. The molecule has 4 rings (SSSR count). The van der Waals surface area contributed by atoms with Crippen molar-refractivity contribution in [3.05, 3.63) is 94.5 Å². The fourth-order valence-electron chi connectivity index (χ4n) is 3.63. The van der Waals surface area contributed by atoms with Crippen molar-refractivity contribution in [3.63, 3.8) is 0 Å². The van der Waals surface area contributed by atoms with Gasteiger partial charge in [-0.2, -0.15) is 0 Å². The molecular formula is C26H25BrN2O4. The van der Waals surface area contributed by atoms with Crippen molar-refractivity contribution in [3.8, 4) is 17.2 Å². The van der Waals surface area contributed by atoms with E-state index in [4.69, 9.17) is 13.9 Å². The highest BCUT2D eigenvalue weighted by atomic mass is 79.9. The van der Waals surface area contributed by atoms with Crippen LogP contribution in [0.15, 0.2) is 81.9 Å². The van der Waals surface area contributed by atoms with Crippen molar-refractivity contribution in [1.29, 1.82) is 0 Å². The second-order valence-electron chi connectivity index (χ2n) is 7.61. The average molecular weight is 509 g/mol. The first-order valence-corrected chi connectivity index (χ1v) is 11.5. The maximum Gasteiger partial charge on any atom is 0.329 e. The van der Waals surface area contributed by atoms with Gasteiger partial charge < -0.3 is 18.5 Å². The summed E-state index contributed by atoms with van der Waals surface area (Å²) in [6.45, 7) is 2.41. The highest BCUT2D eigenvalue weighted by Gasteiger charge is 2.22. The van der Waals surface area contributed by atoms with Gasteiger partial charge in [0.25, 0.3) is 0 Å². The lowest BCUT2D eigenvalue weighted by Gasteiger charge is -2.18. The molecule has 33 heavy (non-hydrogen) atoms. The molecule has 0 aliphatic rings. The van der Waals surface area contributed by atoms with Gasteiger partial charge >= 0.3 is 5.97 Å². The summed E-state index contributed by atoms with van der Waals surface area (Å²) in [5.74, 6) is 1.91. The molecule has 0 radical (unpaired) electrons. The van der Waals surface area contributed by atoms with Gasteiger partial charge in [0.1, 0.15) is 17.6 Å². The van der Waals surface area contributed by atoms with E-state index in [-0.39, 0.29) is 5.97 Å². The highest BCUT2D eigenvalue weighted by Crippen LogP contribution is 2.24. The Bertz CT molecular complexity index is 1200. The minimum absolute atomic E-state index is 0.287. The predicted molar refractivity (Wildman–Crippen MR) is 129 cm³/mol. The number of methoxy groups -OCH3 is 1. The van der Waals surface area contributed by atoms with Crippen LogP contribution in [-0.2, 0) is 22.4 Å². The van der Waals surface area contributed by atoms with Gasteiger partial charge in [-0.25, -0.2) is 9.78 Å². The Morgan fingerprint density at radius 3 is 2.52 bits per heavy atom. The predicted octanol–water partition coefficient (Wildman–Crippen LogP) is 5.79. The van der Waals surface area contributed by atoms with Crippen LogP contribution in [0.2, 0.25) is 0 Å². The molecule has 0 spiro atoms. The first-order valence-electron chi connectivity index (χ1n) is 10.7. The molecule has 4 aromatic rings. The van der Waals surface area contributed by atoms with Gasteiger partial charge in [0.15, 0.2) is 0 Å². The van der Waals surface area contributed by atoms with E-state index in [2.05, 4.69) is 20.9 Å². The fraction of sp³-hybridized carbons (Fsp3) is 0.231. The second kappa shape index (κ2) is 10.5. The highest BCUT2D eigenvalue weighted by molar-refractivity contribution is 9.10. The number of carbonyl (C=O) groups excluding carboxylic acids is 1. The molecule has 170 valence electrons. The standard InChI is InChI=1S/C26H25BrN2O4/c1-18-22(28-25(33-18)20-7-4-3-5-8-20)14-16-32-21-12-10-19(11-13-21)17-23(26(30)31-2)29-15-6-9-24(29)27/h3-13,15,23H,14,16-17H2,1-2H3. The molecule has 0 bridgehead atoms. The molecule has 0 N–H and O–H groups in total. The molecule has 0 aliphatic carbocycles. The van der Waals surface area contributed by atoms with Crippen LogP contribution in [0.4, 0.5) is 0 Å². The normalized spacial score (nSPS) is 11.8. The van der Waals surface area contributed by atoms with Crippen LogP contribution in [0.5, 0.6) is 5.75 Å². The van der Waals surface area contributed by atoms with Crippen molar-refractivity contribution in [1.82, 2.24) is 9.55 Å². The van der Waals surface area contributed by atoms with Crippen molar-refractivity contribution >= 4 is 21.9 Å². The summed E-state index contributed by atoms with van der Waals surface area (Å²) in [7, 11) is 1.41. The summed E-state index contributed by atoms with van der Waals surface area (Å²) >= 11 is 3.48. The largest absolute Gasteiger partial charge is 0.493 e. The minimum Gasteiger partial charge on any atom is -0.493 e. The Morgan fingerprint density at radius 1 is 1.09 bits per heavy atom. The van der Waals surface area contributed by atoms with Gasteiger partial charge in [-0.15, -0.1) is 0 Å². The van der Waals surface area contributed by atoms with Crippen LogP contribution in [0.3, 0.4) is 0 Å². The van der Waals surface area contributed by atoms with E-state index in [9.17, 15) is 4.79 Å².